The Morgan fingerprint density at radius 3 is 2.55 bits per heavy atom. The molecule has 20 heavy (non-hydrogen) atoms. The van der Waals surface area contributed by atoms with Crippen LogP contribution < -0.4 is 10.9 Å². The number of hydrogen-bond donors (Lipinski definition) is 2. The van der Waals surface area contributed by atoms with E-state index in [0.29, 0.717) is 0 Å². The zero-order chi connectivity index (χ0) is 14.8. The summed E-state index contributed by atoms with van der Waals surface area (Å²) in [6, 6.07) is 6.99. The second kappa shape index (κ2) is 5.79. The molecule has 4 nitrogen and oxygen atoms in total. The Hall–Kier alpha value is -1.62. The van der Waals surface area contributed by atoms with Crippen LogP contribution in [0.1, 0.15) is 45.1 Å². The van der Waals surface area contributed by atoms with E-state index in [4.69, 9.17) is 4.74 Å². The van der Waals surface area contributed by atoms with Gasteiger partial charge in [0, 0.05) is 6.04 Å². The lowest BCUT2D eigenvalue weighted by Gasteiger charge is -2.36. The number of hydrazine groups is 1. The van der Waals surface area contributed by atoms with E-state index in [1.54, 1.807) is 6.07 Å². The summed E-state index contributed by atoms with van der Waals surface area (Å²) >= 11 is 0. The molecular weight excluding hydrogens is 259 g/mol. The molecule has 0 aliphatic heterocycles. The summed E-state index contributed by atoms with van der Waals surface area (Å²) < 4.78 is 18.7. The van der Waals surface area contributed by atoms with Gasteiger partial charge in [0.1, 0.15) is 11.4 Å². The van der Waals surface area contributed by atoms with E-state index in [9.17, 15) is 9.18 Å². The summed E-state index contributed by atoms with van der Waals surface area (Å²) in [4.78, 5) is 11.5. The third kappa shape index (κ3) is 3.93. The van der Waals surface area contributed by atoms with Crippen LogP contribution in [-0.2, 0) is 4.74 Å². The molecule has 1 saturated carbocycles. The predicted octanol–water partition coefficient (Wildman–Crippen LogP) is 3.10. The fourth-order valence-electron chi connectivity index (χ4n) is 2.26. The van der Waals surface area contributed by atoms with E-state index in [1.165, 1.54) is 6.07 Å². The highest BCUT2D eigenvalue weighted by molar-refractivity contribution is 5.67. The van der Waals surface area contributed by atoms with Gasteiger partial charge in [0.15, 0.2) is 0 Å². The molecule has 1 aromatic rings. The number of carbonyl (C=O) groups excluding carboxylic acids is 1. The lowest BCUT2D eigenvalue weighted by atomic mass is 9.76. The zero-order valence-corrected chi connectivity index (χ0v) is 12.1. The van der Waals surface area contributed by atoms with Gasteiger partial charge >= 0.3 is 6.09 Å². The molecule has 2 N–H and O–H groups in total. The van der Waals surface area contributed by atoms with Crippen molar-refractivity contribution in [1.82, 2.24) is 10.9 Å². The highest BCUT2D eigenvalue weighted by atomic mass is 19.1. The Bertz CT molecular complexity index is 479. The number of hydrogen-bond acceptors (Lipinski definition) is 3. The van der Waals surface area contributed by atoms with Crippen molar-refractivity contribution in [3.05, 3.63) is 35.6 Å². The van der Waals surface area contributed by atoms with Crippen LogP contribution in [0.15, 0.2) is 24.3 Å². The Kier molecular flexibility index (Phi) is 4.28. The molecule has 1 aliphatic carbocycles. The van der Waals surface area contributed by atoms with Crippen molar-refractivity contribution in [3.8, 4) is 0 Å². The SMILES string of the molecule is CC(C)(C)OC(=O)NNC1CC(c2ccccc2F)C1. The van der Waals surface area contributed by atoms with E-state index >= 15 is 0 Å². The summed E-state index contributed by atoms with van der Waals surface area (Å²) in [5.41, 5.74) is 5.68. The molecular formula is C15H21FN2O2. The minimum absolute atomic E-state index is 0.156. The number of ether oxygens (including phenoxy) is 1. The molecule has 0 bridgehead atoms. The van der Waals surface area contributed by atoms with Crippen LogP contribution in [0, 0.1) is 5.82 Å². The first-order chi connectivity index (χ1) is 9.35. The first kappa shape index (κ1) is 14.8. The molecule has 0 saturated heterocycles. The average molecular weight is 280 g/mol. The monoisotopic (exact) mass is 280 g/mol. The summed E-state index contributed by atoms with van der Waals surface area (Å²) in [5.74, 6) is 0.0604. The summed E-state index contributed by atoms with van der Waals surface area (Å²) in [7, 11) is 0. The highest BCUT2D eigenvalue weighted by Crippen LogP contribution is 2.37. The number of rotatable bonds is 3. The summed E-state index contributed by atoms with van der Waals surface area (Å²) in [6.45, 7) is 5.43. The third-order valence-corrected chi connectivity index (χ3v) is 3.26. The molecule has 0 radical (unpaired) electrons. The van der Waals surface area contributed by atoms with E-state index in [-0.39, 0.29) is 17.8 Å². The number of nitrogens with one attached hydrogen (secondary N) is 2. The molecule has 0 unspecified atom stereocenters. The molecule has 110 valence electrons. The van der Waals surface area contributed by atoms with Crippen LogP contribution in [0.2, 0.25) is 0 Å². The van der Waals surface area contributed by atoms with Gasteiger partial charge in [0.25, 0.3) is 0 Å². The fourth-order valence-corrected chi connectivity index (χ4v) is 2.26. The first-order valence-electron chi connectivity index (χ1n) is 6.84. The molecule has 0 spiro atoms. The van der Waals surface area contributed by atoms with Gasteiger partial charge in [-0.15, -0.1) is 0 Å². The summed E-state index contributed by atoms with van der Waals surface area (Å²) in [6.07, 6.45) is 1.11. The van der Waals surface area contributed by atoms with Crippen molar-refractivity contribution in [2.75, 3.05) is 0 Å². The maximum atomic E-state index is 13.6. The minimum Gasteiger partial charge on any atom is -0.443 e. The van der Waals surface area contributed by atoms with Crippen molar-refractivity contribution < 1.29 is 13.9 Å². The van der Waals surface area contributed by atoms with Gasteiger partial charge in [-0.25, -0.2) is 14.6 Å². The van der Waals surface area contributed by atoms with Gasteiger partial charge in [0.2, 0.25) is 0 Å². The van der Waals surface area contributed by atoms with E-state index in [1.807, 2.05) is 32.9 Å². The van der Waals surface area contributed by atoms with Gasteiger partial charge in [0.05, 0.1) is 0 Å². The van der Waals surface area contributed by atoms with Gasteiger partial charge in [-0.1, -0.05) is 18.2 Å². The molecule has 2 rings (SSSR count). The molecule has 1 fully saturated rings. The second-order valence-corrected chi connectivity index (χ2v) is 6.16. The van der Waals surface area contributed by atoms with Gasteiger partial charge in [-0.05, 0) is 51.2 Å². The van der Waals surface area contributed by atoms with Crippen molar-refractivity contribution in [3.63, 3.8) is 0 Å². The topological polar surface area (TPSA) is 50.4 Å². The molecule has 1 amide bonds. The molecule has 5 heteroatoms. The van der Waals surface area contributed by atoms with Crippen LogP contribution in [0.3, 0.4) is 0 Å². The van der Waals surface area contributed by atoms with Gasteiger partial charge in [-0.2, -0.15) is 0 Å². The number of benzene rings is 1. The van der Waals surface area contributed by atoms with Crippen molar-refractivity contribution in [1.29, 1.82) is 0 Å². The molecule has 1 aliphatic rings. The Balaban J connectivity index is 1.72. The van der Waals surface area contributed by atoms with Crippen molar-refractivity contribution in [2.45, 2.75) is 51.2 Å². The van der Waals surface area contributed by atoms with Crippen LogP contribution in [0.4, 0.5) is 9.18 Å². The average Bonchev–Trinajstić information content (AvgIpc) is 2.26. The quantitative estimate of drug-likeness (QED) is 0.836. The lowest BCUT2D eigenvalue weighted by molar-refractivity contribution is 0.0471. The Labute approximate surface area is 118 Å². The van der Waals surface area contributed by atoms with E-state index < -0.39 is 11.7 Å². The normalized spacial score (nSPS) is 22.0. The molecule has 1 aromatic carbocycles. The number of amides is 1. The maximum Gasteiger partial charge on any atom is 0.422 e. The highest BCUT2D eigenvalue weighted by Gasteiger charge is 2.32. The van der Waals surface area contributed by atoms with Gasteiger partial charge < -0.3 is 4.74 Å². The fraction of sp³-hybridized carbons (Fsp3) is 0.533. The van der Waals surface area contributed by atoms with E-state index in [0.717, 1.165) is 18.4 Å². The Morgan fingerprint density at radius 1 is 1.30 bits per heavy atom. The smallest absolute Gasteiger partial charge is 0.422 e. The van der Waals surface area contributed by atoms with E-state index in [2.05, 4.69) is 10.9 Å². The van der Waals surface area contributed by atoms with Crippen LogP contribution >= 0.6 is 0 Å². The lowest BCUT2D eigenvalue weighted by Crippen LogP contribution is -2.50. The largest absolute Gasteiger partial charge is 0.443 e. The van der Waals surface area contributed by atoms with Crippen LogP contribution in [0.5, 0.6) is 0 Å². The predicted molar refractivity (Wildman–Crippen MR) is 74.7 cm³/mol. The van der Waals surface area contributed by atoms with Crippen LogP contribution in [-0.4, -0.2) is 17.7 Å². The van der Waals surface area contributed by atoms with Gasteiger partial charge in [-0.3, -0.25) is 5.43 Å². The standard InChI is InChI=1S/C15H21FN2O2/c1-15(2,3)20-14(19)18-17-11-8-10(9-11)12-6-4-5-7-13(12)16/h4-7,10-11,17H,8-9H2,1-3H3,(H,18,19). The second-order valence-electron chi connectivity index (χ2n) is 6.16. The molecule has 0 atom stereocenters. The Morgan fingerprint density at radius 2 is 1.95 bits per heavy atom. The summed E-state index contributed by atoms with van der Waals surface area (Å²) in [5, 5.41) is 0. The maximum absolute atomic E-state index is 13.6. The third-order valence-electron chi connectivity index (χ3n) is 3.26. The molecule has 0 heterocycles. The minimum atomic E-state index is -0.513. The number of halogens is 1. The number of carbonyl (C=O) groups is 1. The van der Waals surface area contributed by atoms with Crippen molar-refractivity contribution >= 4 is 6.09 Å². The van der Waals surface area contributed by atoms with Crippen LogP contribution in [0.25, 0.3) is 0 Å². The molecule has 0 aromatic heterocycles. The zero-order valence-electron chi connectivity index (χ0n) is 12.1. The van der Waals surface area contributed by atoms with Crippen molar-refractivity contribution in [2.24, 2.45) is 0 Å². The first-order valence-corrected chi connectivity index (χ1v) is 6.84.